The van der Waals surface area contributed by atoms with Crippen molar-refractivity contribution in [2.24, 2.45) is 0 Å². The van der Waals surface area contributed by atoms with Crippen molar-refractivity contribution < 1.29 is 4.79 Å². The second-order valence-electron chi connectivity index (χ2n) is 4.83. The van der Waals surface area contributed by atoms with Crippen molar-refractivity contribution in [2.75, 3.05) is 11.9 Å². The van der Waals surface area contributed by atoms with Crippen LogP contribution in [0.1, 0.15) is 35.7 Å². The lowest BCUT2D eigenvalue weighted by molar-refractivity contribution is 0.101. The van der Waals surface area contributed by atoms with Crippen LogP contribution in [0.25, 0.3) is 0 Å². The monoisotopic (exact) mass is 253 g/mol. The highest BCUT2D eigenvalue weighted by Crippen LogP contribution is 2.16. The van der Waals surface area contributed by atoms with E-state index in [1.54, 1.807) is 6.92 Å². The molecule has 0 radical (unpaired) electrons. The Bertz CT molecular complexity index is 531. The molecular formula is C17H19NO. The third kappa shape index (κ3) is 3.68. The zero-order chi connectivity index (χ0) is 13.7. The van der Waals surface area contributed by atoms with Gasteiger partial charge in [-0.1, -0.05) is 37.3 Å². The molecule has 0 aliphatic heterocycles. The van der Waals surface area contributed by atoms with E-state index in [0.717, 1.165) is 17.8 Å². The molecule has 0 fully saturated rings. The van der Waals surface area contributed by atoms with Crippen LogP contribution in [-0.2, 0) is 0 Å². The van der Waals surface area contributed by atoms with Gasteiger partial charge in [0.15, 0.2) is 5.78 Å². The molecular weight excluding hydrogens is 234 g/mol. The van der Waals surface area contributed by atoms with Gasteiger partial charge in [-0.25, -0.2) is 0 Å². The van der Waals surface area contributed by atoms with Crippen molar-refractivity contribution in [1.82, 2.24) is 0 Å². The van der Waals surface area contributed by atoms with E-state index in [9.17, 15) is 4.79 Å². The Kier molecular flexibility index (Phi) is 4.35. The van der Waals surface area contributed by atoms with Crippen molar-refractivity contribution in [3.05, 3.63) is 65.7 Å². The van der Waals surface area contributed by atoms with Crippen LogP contribution >= 0.6 is 0 Å². The summed E-state index contributed by atoms with van der Waals surface area (Å²) in [5.41, 5.74) is 3.13. The van der Waals surface area contributed by atoms with Gasteiger partial charge in [0.05, 0.1) is 0 Å². The maximum Gasteiger partial charge on any atom is 0.159 e. The molecule has 2 aromatic carbocycles. The Morgan fingerprint density at radius 1 is 1.05 bits per heavy atom. The second kappa shape index (κ2) is 6.19. The zero-order valence-electron chi connectivity index (χ0n) is 11.4. The number of nitrogens with one attached hydrogen (secondary N) is 1. The summed E-state index contributed by atoms with van der Waals surface area (Å²) in [4.78, 5) is 11.2. The normalized spacial score (nSPS) is 11.9. The second-order valence-corrected chi connectivity index (χ2v) is 4.83. The number of rotatable bonds is 5. The third-order valence-corrected chi connectivity index (χ3v) is 3.27. The summed E-state index contributed by atoms with van der Waals surface area (Å²) in [5, 5.41) is 3.40. The summed E-state index contributed by atoms with van der Waals surface area (Å²) in [6, 6.07) is 18.1. The lowest BCUT2D eigenvalue weighted by atomic mass is 10.0. The number of carbonyl (C=O) groups is 1. The van der Waals surface area contributed by atoms with Crippen LogP contribution in [-0.4, -0.2) is 12.3 Å². The molecule has 0 bridgehead atoms. The molecule has 0 aliphatic carbocycles. The Balaban J connectivity index is 1.93. The minimum absolute atomic E-state index is 0.101. The minimum atomic E-state index is 0.101. The van der Waals surface area contributed by atoms with Gasteiger partial charge in [0, 0.05) is 17.8 Å². The summed E-state index contributed by atoms with van der Waals surface area (Å²) in [7, 11) is 0. The van der Waals surface area contributed by atoms with Crippen LogP contribution in [0.5, 0.6) is 0 Å². The summed E-state index contributed by atoms with van der Waals surface area (Å²) in [6.45, 7) is 4.66. The molecule has 19 heavy (non-hydrogen) atoms. The molecule has 1 unspecified atom stereocenters. The molecule has 2 rings (SSSR count). The third-order valence-electron chi connectivity index (χ3n) is 3.27. The molecule has 1 atom stereocenters. The van der Waals surface area contributed by atoms with Gasteiger partial charge < -0.3 is 5.32 Å². The minimum Gasteiger partial charge on any atom is -0.384 e. The van der Waals surface area contributed by atoms with E-state index in [0.29, 0.717) is 5.92 Å². The van der Waals surface area contributed by atoms with E-state index >= 15 is 0 Å². The van der Waals surface area contributed by atoms with E-state index in [-0.39, 0.29) is 5.78 Å². The Labute approximate surface area is 114 Å². The largest absolute Gasteiger partial charge is 0.384 e. The highest BCUT2D eigenvalue weighted by molar-refractivity contribution is 5.94. The summed E-state index contributed by atoms with van der Waals surface area (Å²) < 4.78 is 0. The van der Waals surface area contributed by atoms with E-state index < -0.39 is 0 Å². The van der Waals surface area contributed by atoms with Gasteiger partial charge in [-0.2, -0.15) is 0 Å². The van der Waals surface area contributed by atoms with Gasteiger partial charge in [0.2, 0.25) is 0 Å². The zero-order valence-corrected chi connectivity index (χ0v) is 11.4. The molecule has 98 valence electrons. The molecule has 0 saturated heterocycles. The van der Waals surface area contributed by atoms with Gasteiger partial charge >= 0.3 is 0 Å². The highest BCUT2D eigenvalue weighted by atomic mass is 16.1. The van der Waals surface area contributed by atoms with Crippen LogP contribution in [0.4, 0.5) is 5.69 Å². The van der Waals surface area contributed by atoms with Crippen molar-refractivity contribution in [3.8, 4) is 0 Å². The Hall–Kier alpha value is -2.09. The molecule has 2 nitrogen and oxygen atoms in total. The number of ketones is 1. The van der Waals surface area contributed by atoms with E-state index in [1.807, 2.05) is 30.3 Å². The van der Waals surface area contributed by atoms with Crippen LogP contribution in [0.2, 0.25) is 0 Å². The Morgan fingerprint density at radius 3 is 2.26 bits per heavy atom. The smallest absolute Gasteiger partial charge is 0.159 e. The molecule has 0 aromatic heterocycles. The lowest BCUT2D eigenvalue weighted by Crippen LogP contribution is -2.09. The maximum atomic E-state index is 11.2. The first-order chi connectivity index (χ1) is 9.16. The fourth-order valence-corrected chi connectivity index (χ4v) is 1.99. The van der Waals surface area contributed by atoms with Gasteiger partial charge in [0.1, 0.15) is 0 Å². The molecule has 2 heteroatoms. The molecule has 0 amide bonds. The van der Waals surface area contributed by atoms with Crippen molar-refractivity contribution in [2.45, 2.75) is 19.8 Å². The van der Waals surface area contributed by atoms with Gasteiger partial charge in [0.25, 0.3) is 0 Å². The SMILES string of the molecule is CC(=O)c1ccc(NCC(C)c2ccccc2)cc1. The van der Waals surface area contributed by atoms with Crippen molar-refractivity contribution in [1.29, 1.82) is 0 Å². The molecule has 0 heterocycles. The quantitative estimate of drug-likeness (QED) is 0.813. The highest BCUT2D eigenvalue weighted by Gasteiger charge is 2.04. The topological polar surface area (TPSA) is 29.1 Å². The number of carbonyl (C=O) groups excluding carboxylic acids is 1. The summed E-state index contributed by atoms with van der Waals surface area (Å²) in [5.74, 6) is 0.554. The summed E-state index contributed by atoms with van der Waals surface area (Å²) in [6.07, 6.45) is 0. The first-order valence-electron chi connectivity index (χ1n) is 6.56. The van der Waals surface area contributed by atoms with E-state index in [4.69, 9.17) is 0 Å². The fraction of sp³-hybridized carbons (Fsp3) is 0.235. The number of benzene rings is 2. The number of hydrogen-bond acceptors (Lipinski definition) is 2. The fourth-order valence-electron chi connectivity index (χ4n) is 1.99. The van der Waals surface area contributed by atoms with Gasteiger partial charge in [-0.15, -0.1) is 0 Å². The lowest BCUT2D eigenvalue weighted by Gasteiger charge is -2.14. The average Bonchev–Trinajstić information content (AvgIpc) is 2.46. The van der Waals surface area contributed by atoms with E-state index in [1.165, 1.54) is 5.56 Å². The van der Waals surface area contributed by atoms with E-state index in [2.05, 4.69) is 36.5 Å². The van der Waals surface area contributed by atoms with Crippen LogP contribution in [0.15, 0.2) is 54.6 Å². The van der Waals surface area contributed by atoms with Crippen LogP contribution in [0.3, 0.4) is 0 Å². The molecule has 2 aromatic rings. The van der Waals surface area contributed by atoms with Crippen LogP contribution in [0, 0.1) is 0 Å². The van der Waals surface area contributed by atoms with Crippen molar-refractivity contribution >= 4 is 11.5 Å². The number of anilines is 1. The maximum absolute atomic E-state index is 11.2. The predicted molar refractivity (Wildman–Crippen MR) is 79.8 cm³/mol. The molecule has 0 spiro atoms. The predicted octanol–water partition coefficient (Wildman–Crippen LogP) is 4.10. The average molecular weight is 253 g/mol. The Morgan fingerprint density at radius 2 is 1.68 bits per heavy atom. The molecule has 0 saturated carbocycles. The number of Topliss-reactive ketones (excluding diaryl/α,β-unsaturated/α-hetero) is 1. The van der Waals surface area contributed by atoms with Crippen LogP contribution < -0.4 is 5.32 Å². The standard InChI is InChI=1S/C17H19NO/c1-13(15-6-4-3-5-7-15)12-18-17-10-8-16(9-11-17)14(2)19/h3-11,13,18H,12H2,1-2H3. The number of hydrogen-bond donors (Lipinski definition) is 1. The van der Waals surface area contributed by atoms with Gasteiger partial charge in [-0.05, 0) is 42.7 Å². The summed E-state index contributed by atoms with van der Waals surface area (Å²) >= 11 is 0. The molecule has 0 aliphatic rings. The van der Waals surface area contributed by atoms with Gasteiger partial charge in [-0.3, -0.25) is 4.79 Å². The molecule has 1 N–H and O–H groups in total. The first-order valence-corrected chi connectivity index (χ1v) is 6.56. The first kappa shape index (κ1) is 13.3. The van der Waals surface area contributed by atoms with Crippen molar-refractivity contribution in [3.63, 3.8) is 0 Å².